The Morgan fingerprint density at radius 2 is 2.17 bits per heavy atom. The molecule has 1 fully saturated rings. The Bertz CT molecular complexity index is 867. The van der Waals surface area contributed by atoms with Gasteiger partial charge in [0.2, 0.25) is 5.91 Å². The van der Waals surface area contributed by atoms with Crippen molar-refractivity contribution < 1.29 is 4.79 Å². The number of aromatic amines is 2. The molecule has 1 atom stereocenters. The number of rotatable bonds is 3. The van der Waals surface area contributed by atoms with Gasteiger partial charge in [-0.1, -0.05) is 18.2 Å². The zero-order chi connectivity index (χ0) is 16.5. The highest BCUT2D eigenvalue weighted by Crippen LogP contribution is 2.25. The first-order valence-corrected chi connectivity index (χ1v) is 8.29. The van der Waals surface area contributed by atoms with Gasteiger partial charge in [0, 0.05) is 24.4 Å². The highest BCUT2D eigenvalue weighted by Gasteiger charge is 2.27. The van der Waals surface area contributed by atoms with Crippen LogP contribution >= 0.6 is 0 Å². The van der Waals surface area contributed by atoms with E-state index in [-0.39, 0.29) is 11.8 Å². The van der Waals surface area contributed by atoms with Crippen LogP contribution in [0.15, 0.2) is 24.3 Å². The molecule has 0 saturated carbocycles. The summed E-state index contributed by atoms with van der Waals surface area (Å²) in [5.41, 5.74) is 1.78. The van der Waals surface area contributed by atoms with Crippen molar-refractivity contribution in [3.63, 3.8) is 0 Å². The number of H-pyrrole nitrogens is 2. The van der Waals surface area contributed by atoms with Gasteiger partial charge in [-0.05, 0) is 25.8 Å². The van der Waals surface area contributed by atoms with Crippen molar-refractivity contribution in [2.45, 2.75) is 32.1 Å². The zero-order valence-corrected chi connectivity index (χ0v) is 13.6. The van der Waals surface area contributed by atoms with E-state index >= 15 is 0 Å². The van der Waals surface area contributed by atoms with Crippen molar-refractivity contribution in [1.29, 1.82) is 0 Å². The van der Waals surface area contributed by atoms with Gasteiger partial charge in [-0.15, -0.1) is 0 Å². The summed E-state index contributed by atoms with van der Waals surface area (Å²) in [6.45, 7) is 3.37. The Kier molecular flexibility index (Phi) is 3.76. The summed E-state index contributed by atoms with van der Waals surface area (Å²) >= 11 is 0. The van der Waals surface area contributed by atoms with E-state index in [0.29, 0.717) is 13.0 Å². The Hall–Kier alpha value is -2.70. The van der Waals surface area contributed by atoms with Gasteiger partial charge in [0.1, 0.15) is 5.82 Å². The van der Waals surface area contributed by atoms with E-state index in [1.54, 1.807) is 0 Å². The maximum absolute atomic E-state index is 12.7. The first kappa shape index (κ1) is 14.9. The summed E-state index contributed by atoms with van der Waals surface area (Å²) in [5, 5.41) is 15.4. The highest BCUT2D eigenvalue weighted by molar-refractivity contribution is 5.87. The van der Waals surface area contributed by atoms with Crippen LogP contribution in [0, 0.1) is 6.92 Å². The van der Waals surface area contributed by atoms with Crippen LogP contribution < -0.4 is 0 Å². The van der Waals surface area contributed by atoms with Crippen LogP contribution in [-0.4, -0.2) is 49.3 Å². The van der Waals surface area contributed by atoms with Crippen LogP contribution in [0.1, 0.15) is 36.1 Å². The molecule has 3 aromatic rings. The minimum absolute atomic E-state index is 0.126. The van der Waals surface area contributed by atoms with Crippen molar-refractivity contribution in [2.75, 3.05) is 13.1 Å². The van der Waals surface area contributed by atoms with Crippen molar-refractivity contribution in [3.05, 3.63) is 41.6 Å². The number of hydrogen-bond donors (Lipinski definition) is 2. The van der Waals surface area contributed by atoms with E-state index in [2.05, 4.69) is 25.4 Å². The normalized spacial score (nSPS) is 18.2. The minimum Gasteiger partial charge on any atom is -0.342 e. The fraction of sp³-hybridized carbons (Fsp3) is 0.412. The van der Waals surface area contributed by atoms with Crippen molar-refractivity contribution in [2.24, 2.45) is 0 Å². The van der Waals surface area contributed by atoms with E-state index in [9.17, 15) is 4.79 Å². The Labute approximate surface area is 139 Å². The minimum atomic E-state index is 0.126. The molecular formula is C17H20N6O. The van der Waals surface area contributed by atoms with E-state index in [0.717, 1.165) is 47.6 Å². The van der Waals surface area contributed by atoms with Crippen LogP contribution in [0.5, 0.6) is 0 Å². The van der Waals surface area contributed by atoms with Gasteiger partial charge in [-0.25, -0.2) is 4.98 Å². The lowest BCUT2D eigenvalue weighted by atomic mass is 9.97. The summed E-state index contributed by atoms with van der Waals surface area (Å²) in [5.74, 6) is 1.97. The largest absolute Gasteiger partial charge is 0.342 e. The zero-order valence-electron chi connectivity index (χ0n) is 13.6. The molecule has 1 aromatic carbocycles. The lowest BCUT2D eigenvalue weighted by Gasteiger charge is -2.31. The van der Waals surface area contributed by atoms with Crippen LogP contribution in [0.25, 0.3) is 10.9 Å². The average Bonchev–Trinajstić information content (AvgIpc) is 3.22. The summed E-state index contributed by atoms with van der Waals surface area (Å²) in [4.78, 5) is 19.1. The van der Waals surface area contributed by atoms with Gasteiger partial charge in [0.05, 0.1) is 17.6 Å². The van der Waals surface area contributed by atoms with Crippen LogP contribution in [0.4, 0.5) is 0 Å². The lowest BCUT2D eigenvalue weighted by molar-refractivity contribution is -0.131. The molecule has 7 heteroatoms. The third-order valence-corrected chi connectivity index (χ3v) is 4.62. The monoisotopic (exact) mass is 324 g/mol. The quantitative estimate of drug-likeness (QED) is 0.770. The van der Waals surface area contributed by atoms with Crippen LogP contribution in [0.3, 0.4) is 0 Å². The molecule has 1 aliphatic heterocycles. The number of hydrogen-bond acceptors (Lipinski definition) is 4. The third kappa shape index (κ3) is 2.77. The summed E-state index contributed by atoms with van der Waals surface area (Å²) in [7, 11) is 0. The van der Waals surface area contributed by atoms with Gasteiger partial charge < -0.3 is 4.90 Å². The van der Waals surface area contributed by atoms with Gasteiger partial charge >= 0.3 is 0 Å². The number of carbonyl (C=O) groups is 1. The SMILES string of the molecule is Cc1nc([C@H]2CCCN(C(=O)Cc3[nH]nc4ccccc34)C2)n[nH]1. The van der Waals surface area contributed by atoms with E-state index in [1.165, 1.54) is 0 Å². The molecule has 1 aliphatic rings. The number of fused-ring (bicyclic) bond motifs is 1. The first-order chi connectivity index (χ1) is 11.7. The Morgan fingerprint density at radius 3 is 3.00 bits per heavy atom. The van der Waals surface area contributed by atoms with E-state index in [1.807, 2.05) is 36.1 Å². The van der Waals surface area contributed by atoms with Gasteiger partial charge in [0.15, 0.2) is 5.82 Å². The molecule has 1 saturated heterocycles. The van der Waals surface area contributed by atoms with Crippen molar-refractivity contribution in [3.8, 4) is 0 Å². The number of nitrogens with zero attached hydrogens (tertiary/aromatic N) is 4. The molecular weight excluding hydrogens is 304 g/mol. The predicted octanol–water partition coefficient (Wildman–Crippen LogP) is 1.94. The highest BCUT2D eigenvalue weighted by atomic mass is 16.2. The Balaban J connectivity index is 1.48. The molecule has 0 unspecified atom stereocenters. The molecule has 4 rings (SSSR count). The summed E-state index contributed by atoms with van der Waals surface area (Å²) < 4.78 is 0. The number of nitrogens with one attached hydrogen (secondary N) is 2. The van der Waals surface area contributed by atoms with Crippen LogP contribution in [0.2, 0.25) is 0 Å². The number of carbonyl (C=O) groups excluding carboxylic acids is 1. The van der Waals surface area contributed by atoms with Gasteiger partial charge in [-0.2, -0.15) is 10.2 Å². The fourth-order valence-corrected chi connectivity index (χ4v) is 3.37. The van der Waals surface area contributed by atoms with Gasteiger partial charge in [0.25, 0.3) is 0 Å². The molecule has 2 aromatic heterocycles. The molecule has 0 radical (unpaired) electrons. The predicted molar refractivity (Wildman–Crippen MR) is 89.5 cm³/mol. The topological polar surface area (TPSA) is 90.6 Å². The number of amides is 1. The lowest BCUT2D eigenvalue weighted by Crippen LogP contribution is -2.40. The number of aryl methyl sites for hydroxylation is 1. The molecule has 1 amide bonds. The van der Waals surface area contributed by atoms with Crippen LogP contribution in [-0.2, 0) is 11.2 Å². The smallest absolute Gasteiger partial charge is 0.228 e. The maximum atomic E-state index is 12.7. The van der Waals surface area contributed by atoms with Crippen molar-refractivity contribution in [1.82, 2.24) is 30.3 Å². The molecule has 0 spiro atoms. The molecule has 2 N–H and O–H groups in total. The number of aromatic nitrogens is 5. The number of piperidine rings is 1. The molecule has 24 heavy (non-hydrogen) atoms. The first-order valence-electron chi connectivity index (χ1n) is 8.29. The molecule has 3 heterocycles. The Morgan fingerprint density at radius 1 is 1.29 bits per heavy atom. The number of likely N-dealkylation sites (tertiary alicyclic amines) is 1. The molecule has 7 nitrogen and oxygen atoms in total. The second-order valence-electron chi connectivity index (χ2n) is 6.35. The molecule has 0 aliphatic carbocycles. The molecule has 0 bridgehead atoms. The van der Waals surface area contributed by atoms with Gasteiger partial charge in [-0.3, -0.25) is 15.0 Å². The number of para-hydroxylation sites is 1. The number of benzene rings is 1. The summed E-state index contributed by atoms with van der Waals surface area (Å²) in [6.07, 6.45) is 2.35. The fourth-order valence-electron chi connectivity index (χ4n) is 3.37. The second kappa shape index (κ2) is 6.07. The van der Waals surface area contributed by atoms with E-state index < -0.39 is 0 Å². The molecule has 124 valence electrons. The third-order valence-electron chi connectivity index (χ3n) is 4.62. The van der Waals surface area contributed by atoms with Crippen molar-refractivity contribution >= 4 is 16.8 Å². The summed E-state index contributed by atoms with van der Waals surface area (Å²) in [6, 6.07) is 7.86. The van der Waals surface area contributed by atoms with E-state index in [4.69, 9.17) is 0 Å². The maximum Gasteiger partial charge on any atom is 0.228 e. The second-order valence-corrected chi connectivity index (χ2v) is 6.35. The average molecular weight is 324 g/mol. The standard InChI is InChI=1S/C17H20N6O/c1-11-18-17(22-19-11)12-5-4-8-23(10-12)16(24)9-15-13-6-2-3-7-14(13)20-21-15/h2-3,6-7,12H,4-5,8-10H2,1H3,(H,20,21)(H,18,19,22)/t12-/m0/s1.